The molecule has 0 spiro atoms. The second-order valence-electron chi connectivity index (χ2n) is 10.1. The number of hydrogen-bond acceptors (Lipinski definition) is 9. The number of aromatic nitrogens is 2. The van der Waals surface area contributed by atoms with Gasteiger partial charge in [-0.3, -0.25) is 33.6 Å². The zero-order valence-electron chi connectivity index (χ0n) is 24.4. The average Bonchev–Trinajstić information content (AvgIpc) is 3.41. The number of amides is 7. The lowest BCUT2D eigenvalue weighted by molar-refractivity contribution is -0.135. The Morgan fingerprint density at radius 3 is 1.71 bits per heavy atom. The Balaban J connectivity index is 2.89. The highest BCUT2D eigenvalue weighted by Crippen LogP contribution is 2.05. The minimum atomic E-state index is -1.34. The van der Waals surface area contributed by atoms with Crippen LogP contribution in [-0.2, 0) is 40.0 Å². The van der Waals surface area contributed by atoms with Crippen LogP contribution in [-0.4, -0.2) is 99.3 Å². The first-order chi connectivity index (χ1) is 19.6. The van der Waals surface area contributed by atoms with Crippen LogP contribution in [0.5, 0.6) is 0 Å². The Labute approximate surface area is 242 Å². The average molecular weight is 596 g/mol. The molecule has 0 unspecified atom stereocenters. The van der Waals surface area contributed by atoms with E-state index in [1.807, 2.05) is 0 Å². The maximum Gasteiger partial charge on any atom is 0.243 e. The van der Waals surface area contributed by atoms with Crippen LogP contribution in [0.1, 0.15) is 47.2 Å². The van der Waals surface area contributed by atoms with Crippen molar-refractivity contribution in [1.82, 2.24) is 41.9 Å². The topological polar surface area (TPSA) is 267 Å². The number of nitrogens with two attached hydrogens (primary N) is 1. The SMILES string of the molecule is CC(=O)N[C@@H](C)C(=O)N[C@@H](Cc1cnc[nH]1)C(=O)N[C@@H](C)C(=O)N[C@H](C(=O)N[C@@H](C)C(=O)N[C@@H](CO)C(N)=O)C(C)C. The first kappa shape index (κ1) is 35.5. The van der Waals surface area contributed by atoms with Crippen LogP contribution in [0.15, 0.2) is 12.5 Å². The van der Waals surface area contributed by atoms with Crippen molar-refractivity contribution in [3.8, 4) is 0 Å². The lowest BCUT2D eigenvalue weighted by Gasteiger charge is -2.26. The number of carbonyl (C=O) groups excluding carboxylic acids is 7. The van der Waals surface area contributed by atoms with E-state index >= 15 is 0 Å². The summed E-state index contributed by atoms with van der Waals surface area (Å²) < 4.78 is 0. The van der Waals surface area contributed by atoms with Gasteiger partial charge < -0.3 is 47.7 Å². The van der Waals surface area contributed by atoms with Crippen LogP contribution in [0, 0.1) is 5.92 Å². The zero-order valence-corrected chi connectivity index (χ0v) is 24.4. The highest BCUT2D eigenvalue weighted by atomic mass is 16.3. The molecule has 234 valence electrons. The molecular formula is C25H41N9O8. The lowest BCUT2D eigenvalue weighted by Crippen LogP contribution is -2.60. The summed E-state index contributed by atoms with van der Waals surface area (Å²) in [6, 6.07) is -6.82. The minimum Gasteiger partial charge on any atom is -0.394 e. The van der Waals surface area contributed by atoms with Crippen LogP contribution in [0.3, 0.4) is 0 Å². The number of imidazole rings is 1. The van der Waals surface area contributed by atoms with Crippen molar-refractivity contribution in [2.24, 2.45) is 11.7 Å². The van der Waals surface area contributed by atoms with E-state index in [0.29, 0.717) is 5.69 Å². The van der Waals surface area contributed by atoms with Crippen LogP contribution >= 0.6 is 0 Å². The molecule has 0 saturated heterocycles. The van der Waals surface area contributed by atoms with E-state index in [0.717, 1.165) is 0 Å². The molecule has 7 amide bonds. The number of aliphatic hydroxyl groups excluding tert-OH is 1. The molecule has 42 heavy (non-hydrogen) atoms. The monoisotopic (exact) mass is 595 g/mol. The number of hydrogen-bond donors (Lipinski definition) is 9. The normalized spacial score (nSPS) is 15.1. The molecule has 6 atom stereocenters. The van der Waals surface area contributed by atoms with Gasteiger partial charge in [-0.2, -0.15) is 0 Å². The molecule has 0 aliphatic rings. The molecular weight excluding hydrogens is 554 g/mol. The second kappa shape index (κ2) is 16.7. The molecule has 0 radical (unpaired) electrons. The van der Waals surface area contributed by atoms with E-state index in [4.69, 9.17) is 10.8 Å². The Kier molecular flexibility index (Phi) is 14.1. The minimum absolute atomic E-state index is 0.00255. The lowest BCUT2D eigenvalue weighted by atomic mass is 10.0. The predicted octanol–water partition coefficient (Wildman–Crippen LogP) is -3.93. The molecule has 0 bridgehead atoms. The third-order valence-corrected chi connectivity index (χ3v) is 6.02. The van der Waals surface area contributed by atoms with E-state index in [1.165, 1.54) is 40.2 Å². The van der Waals surface area contributed by atoms with Crippen LogP contribution < -0.4 is 37.6 Å². The molecule has 1 aromatic rings. The summed E-state index contributed by atoms with van der Waals surface area (Å²) in [4.78, 5) is 93.1. The number of aliphatic hydroxyl groups is 1. The van der Waals surface area contributed by atoms with Gasteiger partial charge in [0.05, 0.1) is 12.9 Å². The summed E-state index contributed by atoms with van der Waals surface area (Å²) >= 11 is 0. The van der Waals surface area contributed by atoms with Gasteiger partial charge in [0.1, 0.15) is 36.3 Å². The van der Waals surface area contributed by atoms with Gasteiger partial charge in [-0.15, -0.1) is 0 Å². The Morgan fingerprint density at radius 1 is 0.762 bits per heavy atom. The molecule has 1 aromatic heterocycles. The molecule has 0 saturated carbocycles. The van der Waals surface area contributed by atoms with E-state index in [2.05, 4.69) is 41.9 Å². The van der Waals surface area contributed by atoms with Crippen LogP contribution in [0.25, 0.3) is 0 Å². The largest absolute Gasteiger partial charge is 0.394 e. The second-order valence-corrected chi connectivity index (χ2v) is 10.1. The number of primary amides is 1. The van der Waals surface area contributed by atoms with Crippen LogP contribution in [0.2, 0.25) is 0 Å². The van der Waals surface area contributed by atoms with Gasteiger partial charge in [0.2, 0.25) is 41.4 Å². The van der Waals surface area contributed by atoms with E-state index < -0.39 is 90.1 Å². The summed E-state index contributed by atoms with van der Waals surface area (Å²) in [6.45, 7) is 7.99. The summed E-state index contributed by atoms with van der Waals surface area (Å²) in [5.74, 6) is -5.38. The predicted molar refractivity (Wildman–Crippen MR) is 148 cm³/mol. The van der Waals surface area contributed by atoms with Crippen molar-refractivity contribution >= 4 is 41.4 Å². The van der Waals surface area contributed by atoms with Crippen molar-refractivity contribution in [2.75, 3.05) is 6.61 Å². The zero-order chi connectivity index (χ0) is 32.1. The number of nitrogens with zero attached hydrogens (tertiary/aromatic N) is 1. The van der Waals surface area contributed by atoms with Crippen molar-refractivity contribution < 1.29 is 38.7 Å². The molecule has 0 aliphatic heterocycles. The Hall–Kier alpha value is -4.54. The summed E-state index contributed by atoms with van der Waals surface area (Å²) in [5.41, 5.74) is 5.61. The van der Waals surface area contributed by atoms with E-state index in [9.17, 15) is 33.6 Å². The van der Waals surface area contributed by atoms with Gasteiger partial charge in [0.15, 0.2) is 0 Å². The smallest absolute Gasteiger partial charge is 0.243 e. The molecule has 17 nitrogen and oxygen atoms in total. The molecule has 10 N–H and O–H groups in total. The van der Waals surface area contributed by atoms with Gasteiger partial charge in [-0.05, 0) is 26.7 Å². The first-order valence-electron chi connectivity index (χ1n) is 13.2. The van der Waals surface area contributed by atoms with Gasteiger partial charge >= 0.3 is 0 Å². The van der Waals surface area contributed by atoms with Gasteiger partial charge in [0, 0.05) is 25.2 Å². The van der Waals surface area contributed by atoms with E-state index in [-0.39, 0.29) is 6.42 Å². The number of carbonyl (C=O) groups is 7. The highest BCUT2D eigenvalue weighted by Gasteiger charge is 2.31. The summed E-state index contributed by atoms with van der Waals surface area (Å²) in [7, 11) is 0. The number of aromatic amines is 1. The van der Waals surface area contributed by atoms with Gasteiger partial charge in [0.25, 0.3) is 0 Å². The number of H-pyrrole nitrogens is 1. The first-order valence-corrected chi connectivity index (χ1v) is 13.2. The quantitative estimate of drug-likeness (QED) is 0.0902. The Bertz CT molecular complexity index is 1130. The fourth-order valence-corrected chi connectivity index (χ4v) is 3.56. The highest BCUT2D eigenvalue weighted by molar-refractivity contribution is 5.96. The third-order valence-electron chi connectivity index (χ3n) is 6.02. The van der Waals surface area contributed by atoms with Crippen molar-refractivity contribution in [1.29, 1.82) is 0 Å². The number of nitrogens with one attached hydrogen (secondary N) is 7. The Morgan fingerprint density at radius 2 is 1.26 bits per heavy atom. The van der Waals surface area contributed by atoms with Crippen molar-refractivity contribution in [3.63, 3.8) is 0 Å². The van der Waals surface area contributed by atoms with Crippen LogP contribution in [0.4, 0.5) is 0 Å². The van der Waals surface area contributed by atoms with Gasteiger partial charge in [-0.1, -0.05) is 13.8 Å². The van der Waals surface area contributed by atoms with Gasteiger partial charge in [-0.25, -0.2) is 4.98 Å². The fourth-order valence-electron chi connectivity index (χ4n) is 3.56. The summed E-state index contributed by atoms with van der Waals surface area (Å²) in [6.07, 6.45) is 2.86. The molecule has 17 heteroatoms. The van der Waals surface area contributed by atoms with Crippen molar-refractivity contribution in [2.45, 2.75) is 84.2 Å². The fraction of sp³-hybridized carbons (Fsp3) is 0.600. The molecule has 0 aromatic carbocycles. The maximum absolute atomic E-state index is 13.1. The molecule has 0 aliphatic carbocycles. The summed E-state index contributed by atoms with van der Waals surface area (Å²) in [5, 5.41) is 23.8. The third kappa shape index (κ3) is 11.5. The molecule has 1 heterocycles. The molecule has 0 fully saturated rings. The number of rotatable bonds is 16. The maximum atomic E-state index is 13.1. The van der Waals surface area contributed by atoms with E-state index in [1.54, 1.807) is 13.8 Å². The molecule has 1 rings (SSSR count). The van der Waals surface area contributed by atoms with Crippen molar-refractivity contribution in [3.05, 3.63) is 18.2 Å². The standard InChI is InChI=1S/C25H41N9O8/c1-11(2)19(25(42)31-13(4)22(39)33-18(9-35)20(26)37)34-23(40)14(5)30-24(41)17(7-16-8-27-10-28-16)32-21(38)12(3)29-15(6)36/h8,10-14,17-19,35H,7,9H2,1-6H3,(H2,26,37)(H,27,28)(H,29,36)(H,30,41)(H,31,42)(H,32,38)(H,33,39)(H,34,40)/t12-,13-,14-,17-,18-,19-/m0/s1.